The third-order valence-corrected chi connectivity index (χ3v) is 2.74. The molecule has 68 valence electrons. The molecule has 0 aliphatic rings. The predicted molar refractivity (Wildman–Crippen MR) is 57.2 cm³/mol. The summed E-state index contributed by atoms with van der Waals surface area (Å²) in [6.07, 6.45) is 1.82. The average Bonchev–Trinajstić information content (AvgIpc) is 2.88. The molecule has 0 fully saturated rings. The van der Waals surface area contributed by atoms with E-state index in [9.17, 15) is 0 Å². The largest absolute Gasteiger partial charge is 0.278 e. The van der Waals surface area contributed by atoms with E-state index in [0.29, 0.717) is 0 Å². The SMILES string of the molecule is c1cc(-c2ccc3cn[nH]c3c2)ns1. The molecule has 2 aromatic heterocycles. The van der Waals surface area contributed by atoms with Gasteiger partial charge in [0.25, 0.3) is 0 Å². The fourth-order valence-corrected chi connectivity index (χ4v) is 1.99. The first kappa shape index (κ1) is 7.70. The van der Waals surface area contributed by atoms with Gasteiger partial charge < -0.3 is 0 Å². The fourth-order valence-electron chi connectivity index (χ4n) is 1.46. The number of hydrogen-bond donors (Lipinski definition) is 1. The van der Waals surface area contributed by atoms with Crippen LogP contribution in [-0.4, -0.2) is 14.6 Å². The number of benzene rings is 1. The molecule has 0 atom stereocenters. The van der Waals surface area contributed by atoms with Crippen LogP contribution in [-0.2, 0) is 0 Å². The van der Waals surface area contributed by atoms with Crippen LogP contribution in [0.15, 0.2) is 35.8 Å². The van der Waals surface area contributed by atoms with E-state index in [4.69, 9.17) is 0 Å². The van der Waals surface area contributed by atoms with Crippen LogP contribution in [0.25, 0.3) is 22.2 Å². The van der Waals surface area contributed by atoms with Crippen molar-refractivity contribution < 1.29 is 0 Å². The topological polar surface area (TPSA) is 41.6 Å². The molecule has 0 aliphatic heterocycles. The molecule has 0 spiro atoms. The molecule has 4 heteroatoms. The Morgan fingerprint density at radius 3 is 3.07 bits per heavy atom. The standard InChI is InChI=1S/C10H7N3S/c1-2-8-6-11-12-10(8)5-7(1)9-3-4-14-13-9/h1-6H,(H,11,12). The van der Waals surface area contributed by atoms with Gasteiger partial charge in [-0.3, -0.25) is 5.10 Å². The summed E-state index contributed by atoms with van der Waals surface area (Å²) in [5.41, 5.74) is 3.20. The van der Waals surface area contributed by atoms with Crippen LogP contribution >= 0.6 is 11.5 Å². The van der Waals surface area contributed by atoms with E-state index >= 15 is 0 Å². The van der Waals surface area contributed by atoms with Gasteiger partial charge in [0.05, 0.1) is 17.4 Å². The second-order valence-electron chi connectivity index (χ2n) is 3.06. The Kier molecular flexibility index (Phi) is 1.61. The Morgan fingerprint density at radius 2 is 2.21 bits per heavy atom. The summed E-state index contributed by atoms with van der Waals surface area (Å²) in [6.45, 7) is 0. The van der Waals surface area contributed by atoms with Crippen molar-refractivity contribution in [2.24, 2.45) is 0 Å². The Balaban J connectivity index is 2.23. The normalized spacial score (nSPS) is 10.9. The van der Waals surface area contributed by atoms with Crippen LogP contribution in [0.2, 0.25) is 0 Å². The van der Waals surface area contributed by atoms with E-state index in [-0.39, 0.29) is 0 Å². The zero-order valence-corrected chi connectivity index (χ0v) is 8.08. The van der Waals surface area contributed by atoms with Crippen molar-refractivity contribution in [1.29, 1.82) is 0 Å². The first-order valence-electron chi connectivity index (χ1n) is 4.27. The van der Waals surface area contributed by atoms with E-state index in [1.807, 2.05) is 23.7 Å². The van der Waals surface area contributed by atoms with Gasteiger partial charge >= 0.3 is 0 Å². The van der Waals surface area contributed by atoms with Crippen molar-refractivity contribution in [2.75, 3.05) is 0 Å². The second-order valence-corrected chi connectivity index (χ2v) is 3.72. The third kappa shape index (κ3) is 1.12. The average molecular weight is 201 g/mol. The highest BCUT2D eigenvalue weighted by Crippen LogP contribution is 2.22. The molecule has 3 nitrogen and oxygen atoms in total. The van der Waals surface area contributed by atoms with Crippen molar-refractivity contribution in [1.82, 2.24) is 14.6 Å². The lowest BCUT2D eigenvalue weighted by Gasteiger charge is -1.95. The maximum absolute atomic E-state index is 4.29. The van der Waals surface area contributed by atoms with Crippen LogP contribution in [0.1, 0.15) is 0 Å². The summed E-state index contributed by atoms with van der Waals surface area (Å²) in [5, 5.41) is 10.0. The smallest absolute Gasteiger partial charge is 0.0841 e. The quantitative estimate of drug-likeness (QED) is 0.657. The molecule has 0 saturated heterocycles. The summed E-state index contributed by atoms with van der Waals surface area (Å²) in [7, 11) is 0. The van der Waals surface area contributed by atoms with Gasteiger partial charge in [-0.15, -0.1) is 0 Å². The number of rotatable bonds is 1. The molecule has 1 N–H and O–H groups in total. The van der Waals surface area contributed by atoms with Gasteiger partial charge in [-0.2, -0.15) is 9.47 Å². The molecule has 0 bridgehead atoms. The van der Waals surface area contributed by atoms with E-state index in [2.05, 4.69) is 26.7 Å². The van der Waals surface area contributed by atoms with Gasteiger partial charge in [0.15, 0.2) is 0 Å². The van der Waals surface area contributed by atoms with Crippen LogP contribution in [0.4, 0.5) is 0 Å². The van der Waals surface area contributed by atoms with E-state index < -0.39 is 0 Å². The Hall–Kier alpha value is -1.68. The van der Waals surface area contributed by atoms with E-state index in [1.54, 1.807) is 0 Å². The molecule has 3 rings (SSSR count). The molecule has 2 heterocycles. The lowest BCUT2D eigenvalue weighted by molar-refractivity contribution is 1.12. The Bertz CT molecular complexity index is 554. The van der Waals surface area contributed by atoms with Crippen molar-refractivity contribution >= 4 is 22.4 Å². The molecular weight excluding hydrogens is 194 g/mol. The molecule has 0 radical (unpaired) electrons. The zero-order chi connectivity index (χ0) is 9.38. The highest BCUT2D eigenvalue weighted by molar-refractivity contribution is 7.03. The number of aromatic nitrogens is 3. The molecule has 3 aromatic rings. The maximum Gasteiger partial charge on any atom is 0.0841 e. The Labute approximate surface area is 84.6 Å². The molecule has 0 amide bonds. The molecule has 14 heavy (non-hydrogen) atoms. The van der Waals surface area contributed by atoms with Gasteiger partial charge in [-0.25, -0.2) is 0 Å². The van der Waals surface area contributed by atoms with Crippen molar-refractivity contribution in [3.8, 4) is 11.3 Å². The predicted octanol–water partition coefficient (Wildman–Crippen LogP) is 2.69. The minimum Gasteiger partial charge on any atom is -0.278 e. The van der Waals surface area contributed by atoms with Crippen LogP contribution in [0.3, 0.4) is 0 Å². The number of aromatic amines is 1. The monoisotopic (exact) mass is 201 g/mol. The van der Waals surface area contributed by atoms with Crippen LogP contribution in [0.5, 0.6) is 0 Å². The zero-order valence-electron chi connectivity index (χ0n) is 7.27. The summed E-state index contributed by atoms with van der Waals surface area (Å²) in [5.74, 6) is 0. The van der Waals surface area contributed by atoms with E-state index in [1.165, 1.54) is 11.5 Å². The van der Waals surface area contributed by atoms with Crippen molar-refractivity contribution in [2.45, 2.75) is 0 Å². The number of nitrogens with zero attached hydrogens (tertiary/aromatic N) is 2. The highest BCUT2D eigenvalue weighted by atomic mass is 32.1. The summed E-state index contributed by atoms with van der Waals surface area (Å²) in [4.78, 5) is 0. The minimum atomic E-state index is 1.02. The first-order chi connectivity index (χ1) is 6.93. The van der Waals surface area contributed by atoms with Crippen LogP contribution < -0.4 is 0 Å². The lowest BCUT2D eigenvalue weighted by atomic mass is 10.1. The molecule has 0 unspecified atom stereocenters. The number of hydrogen-bond acceptors (Lipinski definition) is 3. The van der Waals surface area contributed by atoms with Gasteiger partial charge in [0.1, 0.15) is 0 Å². The fraction of sp³-hybridized carbons (Fsp3) is 0. The summed E-state index contributed by atoms with van der Waals surface area (Å²) >= 11 is 1.47. The summed E-state index contributed by atoms with van der Waals surface area (Å²) < 4.78 is 4.29. The molecule has 0 aliphatic carbocycles. The maximum atomic E-state index is 4.29. The first-order valence-corrected chi connectivity index (χ1v) is 5.11. The van der Waals surface area contributed by atoms with Gasteiger partial charge in [-0.05, 0) is 23.7 Å². The number of H-pyrrole nitrogens is 1. The van der Waals surface area contributed by atoms with Crippen molar-refractivity contribution in [3.63, 3.8) is 0 Å². The van der Waals surface area contributed by atoms with Crippen LogP contribution in [0, 0.1) is 0 Å². The number of nitrogens with one attached hydrogen (secondary N) is 1. The molecule has 1 aromatic carbocycles. The third-order valence-electron chi connectivity index (χ3n) is 2.18. The van der Waals surface area contributed by atoms with Gasteiger partial charge in [0, 0.05) is 16.3 Å². The van der Waals surface area contributed by atoms with Crippen molar-refractivity contribution in [3.05, 3.63) is 35.8 Å². The molecular formula is C10H7N3S. The highest BCUT2D eigenvalue weighted by Gasteiger charge is 2.01. The lowest BCUT2D eigenvalue weighted by Crippen LogP contribution is -1.76. The summed E-state index contributed by atoms with van der Waals surface area (Å²) in [6, 6.07) is 8.19. The molecule has 0 saturated carbocycles. The Morgan fingerprint density at radius 1 is 1.21 bits per heavy atom. The van der Waals surface area contributed by atoms with E-state index in [0.717, 1.165) is 22.2 Å². The second kappa shape index (κ2) is 2.92. The number of fused-ring (bicyclic) bond motifs is 1. The van der Waals surface area contributed by atoms with Gasteiger partial charge in [0.2, 0.25) is 0 Å². The van der Waals surface area contributed by atoms with Gasteiger partial charge in [-0.1, -0.05) is 12.1 Å². The minimum absolute atomic E-state index is 1.02.